The molecule has 0 radical (unpaired) electrons. The molecular formula is C13H19O4P. The van der Waals surface area contributed by atoms with E-state index < -0.39 is 8.38 Å². The summed E-state index contributed by atoms with van der Waals surface area (Å²) in [6.07, 6.45) is 0. The molecule has 0 fully saturated rings. The van der Waals surface area contributed by atoms with E-state index in [0.717, 1.165) is 5.30 Å². The number of hydrogen-bond acceptors (Lipinski definition) is 4. The lowest BCUT2D eigenvalue weighted by Crippen LogP contribution is -2.09. The van der Waals surface area contributed by atoms with Gasteiger partial charge in [-0.05, 0) is 45.0 Å². The normalized spacial score (nSPS) is 10.7. The Balaban J connectivity index is 2.76. The minimum atomic E-state index is -1.05. The molecule has 0 aromatic heterocycles. The zero-order chi connectivity index (χ0) is 13.4. The third-order valence-corrected chi connectivity index (χ3v) is 3.79. The maximum absolute atomic E-state index is 11.5. The molecule has 1 aromatic carbocycles. The quantitative estimate of drug-likeness (QED) is 0.564. The molecule has 0 heterocycles. The van der Waals surface area contributed by atoms with Crippen LogP contribution in [0.3, 0.4) is 0 Å². The van der Waals surface area contributed by atoms with Crippen LogP contribution in [-0.2, 0) is 13.8 Å². The zero-order valence-electron chi connectivity index (χ0n) is 11.0. The van der Waals surface area contributed by atoms with Gasteiger partial charge >= 0.3 is 5.97 Å². The van der Waals surface area contributed by atoms with Gasteiger partial charge in [-0.1, -0.05) is 0 Å². The summed E-state index contributed by atoms with van der Waals surface area (Å²) >= 11 is 0. The number of benzene rings is 1. The van der Waals surface area contributed by atoms with Gasteiger partial charge in [0, 0.05) is 5.30 Å². The molecule has 1 rings (SSSR count). The lowest BCUT2D eigenvalue weighted by Gasteiger charge is -2.15. The third-order valence-electron chi connectivity index (χ3n) is 2.08. The van der Waals surface area contributed by atoms with Crippen LogP contribution in [0.5, 0.6) is 0 Å². The summed E-state index contributed by atoms with van der Waals surface area (Å²) < 4.78 is 16.0. The second kappa shape index (κ2) is 8.20. The minimum absolute atomic E-state index is 0.304. The first kappa shape index (κ1) is 15.1. The zero-order valence-corrected chi connectivity index (χ0v) is 11.9. The molecule has 0 amide bonds. The average Bonchev–Trinajstić information content (AvgIpc) is 2.39. The van der Waals surface area contributed by atoms with E-state index >= 15 is 0 Å². The highest BCUT2D eigenvalue weighted by Gasteiger charge is 2.13. The fourth-order valence-corrected chi connectivity index (χ4v) is 2.59. The van der Waals surface area contributed by atoms with Crippen LogP contribution in [0.4, 0.5) is 0 Å². The van der Waals surface area contributed by atoms with Gasteiger partial charge in [0.25, 0.3) is 0 Å². The minimum Gasteiger partial charge on any atom is -0.462 e. The fourth-order valence-electron chi connectivity index (χ4n) is 1.35. The summed E-state index contributed by atoms with van der Waals surface area (Å²) in [4.78, 5) is 11.5. The molecule has 0 saturated carbocycles. The lowest BCUT2D eigenvalue weighted by atomic mass is 10.2. The maximum atomic E-state index is 11.5. The predicted molar refractivity (Wildman–Crippen MR) is 72.2 cm³/mol. The van der Waals surface area contributed by atoms with Crippen LogP contribution in [0.15, 0.2) is 24.3 Å². The Labute approximate surface area is 109 Å². The van der Waals surface area contributed by atoms with Crippen molar-refractivity contribution in [3.63, 3.8) is 0 Å². The first-order valence-electron chi connectivity index (χ1n) is 6.06. The first-order valence-corrected chi connectivity index (χ1v) is 7.23. The molecule has 0 N–H and O–H groups in total. The van der Waals surface area contributed by atoms with E-state index in [1.807, 2.05) is 26.0 Å². The van der Waals surface area contributed by atoms with E-state index in [9.17, 15) is 4.79 Å². The Morgan fingerprint density at radius 2 is 1.56 bits per heavy atom. The molecule has 4 nitrogen and oxygen atoms in total. The van der Waals surface area contributed by atoms with Crippen molar-refractivity contribution in [3.05, 3.63) is 29.8 Å². The van der Waals surface area contributed by atoms with Gasteiger partial charge in [0.2, 0.25) is 8.38 Å². The number of rotatable bonds is 7. The first-order chi connectivity index (χ1) is 8.72. The highest BCUT2D eigenvalue weighted by atomic mass is 31.2. The third kappa shape index (κ3) is 4.37. The molecule has 0 bridgehead atoms. The van der Waals surface area contributed by atoms with Gasteiger partial charge in [0.05, 0.1) is 25.4 Å². The molecule has 0 aliphatic rings. The summed E-state index contributed by atoms with van der Waals surface area (Å²) in [7, 11) is -1.05. The van der Waals surface area contributed by atoms with Crippen molar-refractivity contribution in [1.82, 2.24) is 0 Å². The van der Waals surface area contributed by atoms with Crippen molar-refractivity contribution in [1.29, 1.82) is 0 Å². The van der Waals surface area contributed by atoms with Crippen molar-refractivity contribution in [2.45, 2.75) is 20.8 Å². The van der Waals surface area contributed by atoms with Gasteiger partial charge in [-0.2, -0.15) is 0 Å². The van der Waals surface area contributed by atoms with Crippen LogP contribution < -0.4 is 5.30 Å². The molecule has 0 aliphatic heterocycles. The SMILES string of the molecule is CCOC(=O)c1ccc(P(OCC)OCC)cc1. The predicted octanol–water partition coefficient (Wildman–Crippen LogP) is 2.87. The van der Waals surface area contributed by atoms with E-state index in [1.165, 1.54) is 0 Å². The molecule has 100 valence electrons. The summed E-state index contributed by atoms with van der Waals surface area (Å²) in [6, 6.07) is 7.17. The molecule has 0 aliphatic carbocycles. The van der Waals surface area contributed by atoms with Crippen LogP contribution in [0.2, 0.25) is 0 Å². The van der Waals surface area contributed by atoms with Crippen molar-refractivity contribution in [2.24, 2.45) is 0 Å². The molecule has 5 heteroatoms. The number of carbonyl (C=O) groups is 1. The van der Waals surface area contributed by atoms with Gasteiger partial charge in [-0.15, -0.1) is 0 Å². The van der Waals surface area contributed by atoms with Crippen molar-refractivity contribution >= 4 is 19.6 Å². The monoisotopic (exact) mass is 270 g/mol. The molecule has 0 atom stereocenters. The Morgan fingerprint density at radius 3 is 2.00 bits per heavy atom. The Hall–Kier alpha value is -0.960. The van der Waals surface area contributed by atoms with Crippen molar-refractivity contribution in [2.75, 3.05) is 19.8 Å². The second-order valence-electron chi connectivity index (χ2n) is 3.36. The van der Waals surface area contributed by atoms with Crippen molar-refractivity contribution < 1.29 is 18.6 Å². The molecule has 18 heavy (non-hydrogen) atoms. The number of carbonyl (C=O) groups excluding carboxylic acids is 1. The fraction of sp³-hybridized carbons (Fsp3) is 0.462. The van der Waals surface area contributed by atoms with Gasteiger partial charge in [-0.3, -0.25) is 0 Å². The summed E-state index contributed by atoms with van der Waals surface area (Å²) in [5.74, 6) is -0.304. The number of esters is 1. The second-order valence-corrected chi connectivity index (χ2v) is 4.91. The molecule has 0 saturated heterocycles. The van der Waals surface area contributed by atoms with Gasteiger partial charge in [-0.25, -0.2) is 4.79 Å². The largest absolute Gasteiger partial charge is 0.462 e. The van der Waals surface area contributed by atoms with Crippen LogP contribution in [-0.4, -0.2) is 25.8 Å². The highest BCUT2D eigenvalue weighted by molar-refractivity contribution is 7.56. The van der Waals surface area contributed by atoms with E-state index in [0.29, 0.717) is 25.4 Å². The maximum Gasteiger partial charge on any atom is 0.338 e. The number of ether oxygens (including phenoxy) is 1. The van der Waals surface area contributed by atoms with Crippen molar-refractivity contribution in [3.8, 4) is 0 Å². The van der Waals surface area contributed by atoms with Crippen LogP contribution >= 0.6 is 8.38 Å². The lowest BCUT2D eigenvalue weighted by molar-refractivity contribution is 0.0526. The van der Waals surface area contributed by atoms with E-state index in [2.05, 4.69) is 0 Å². The van der Waals surface area contributed by atoms with Crippen LogP contribution in [0.1, 0.15) is 31.1 Å². The smallest absolute Gasteiger partial charge is 0.338 e. The van der Waals surface area contributed by atoms with Gasteiger partial charge < -0.3 is 13.8 Å². The van der Waals surface area contributed by atoms with Gasteiger partial charge in [0.1, 0.15) is 0 Å². The Bertz CT molecular complexity index is 358. The highest BCUT2D eigenvalue weighted by Crippen LogP contribution is 2.36. The summed E-state index contributed by atoms with van der Waals surface area (Å²) in [6.45, 7) is 7.24. The van der Waals surface area contributed by atoms with E-state index in [1.54, 1.807) is 19.1 Å². The topological polar surface area (TPSA) is 44.8 Å². The molecular weight excluding hydrogens is 251 g/mol. The Kier molecular flexibility index (Phi) is 6.88. The summed E-state index contributed by atoms with van der Waals surface area (Å²) in [5.41, 5.74) is 0.545. The van der Waals surface area contributed by atoms with Gasteiger partial charge in [0.15, 0.2) is 0 Å². The number of hydrogen-bond donors (Lipinski definition) is 0. The molecule has 0 unspecified atom stereocenters. The standard InChI is InChI=1S/C13H19O4P/c1-4-15-13(14)11-7-9-12(10-8-11)18(16-5-2)17-6-3/h7-10H,4-6H2,1-3H3. The molecule has 1 aromatic rings. The average molecular weight is 270 g/mol. The van der Waals surface area contributed by atoms with Crippen LogP contribution in [0.25, 0.3) is 0 Å². The Morgan fingerprint density at radius 1 is 1.00 bits per heavy atom. The van der Waals surface area contributed by atoms with E-state index in [4.69, 9.17) is 13.8 Å². The summed E-state index contributed by atoms with van der Waals surface area (Å²) in [5, 5.41) is 0.960. The van der Waals surface area contributed by atoms with Crippen LogP contribution in [0, 0.1) is 0 Å². The van der Waals surface area contributed by atoms with E-state index in [-0.39, 0.29) is 5.97 Å². The molecule has 0 spiro atoms.